The maximum atomic E-state index is 12.7. The Bertz CT molecular complexity index is 2670. The molecule has 4 amide bonds. The fourth-order valence-corrected chi connectivity index (χ4v) is 9.27. The molecule has 7 heterocycles. The second-order valence-electron chi connectivity index (χ2n) is 18.7. The van der Waals surface area contributed by atoms with E-state index in [9.17, 15) is 14.4 Å². The van der Waals surface area contributed by atoms with Crippen molar-refractivity contribution in [1.29, 1.82) is 0 Å². The van der Waals surface area contributed by atoms with Crippen LogP contribution in [-0.2, 0) is 16.8 Å². The van der Waals surface area contributed by atoms with Crippen LogP contribution in [0.1, 0.15) is 104 Å². The summed E-state index contributed by atoms with van der Waals surface area (Å²) in [4.78, 5) is 65.2. The topological polar surface area (TPSA) is 178 Å². The first-order valence-electron chi connectivity index (χ1n) is 22.6. The molecule has 0 radical (unpaired) electrons. The average molecular weight is 864 g/mol. The lowest BCUT2D eigenvalue weighted by Gasteiger charge is -2.36. The van der Waals surface area contributed by atoms with E-state index in [-0.39, 0.29) is 23.2 Å². The van der Waals surface area contributed by atoms with Crippen LogP contribution >= 0.6 is 0 Å². The van der Waals surface area contributed by atoms with E-state index in [1.54, 1.807) is 11.2 Å². The van der Waals surface area contributed by atoms with Crippen LogP contribution in [0.4, 0.5) is 16.3 Å². The normalized spacial score (nSPS) is 17.0. The van der Waals surface area contributed by atoms with Gasteiger partial charge in [-0.1, -0.05) is 62.3 Å². The number of amides is 4. The summed E-state index contributed by atoms with van der Waals surface area (Å²) in [5.41, 5.74) is 9.39. The fraction of sp³-hybridized carbons (Fsp3) is 0.429. The second kappa shape index (κ2) is 17.9. The molecule has 4 aromatic heterocycles. The minimum absolute atomic E-state index is 0.0405. The molecule has 15 nitrogen and oxygen atoms in total. The van der Waals surface area contributed by atoms with Gasteiger partial charge in [0, 0.05) is 54.7 Å². The molecule has 0 unspecified atom stereocenters. The molecule has 6 aromatic rings. The lowest BCUT2D eigenvalue weighted by molar-refractivity contribution is -0.120. The first kappa shape index (κ1) is 42.8. The standard InChI is InChI=1S/C49H57N11O4/c1-30-26-36(10-11-37(30)28-50-45(62)46-56-47(57-64-46)49(3,4)5)43-38-27-39(54-44(38)52-29-51-43)35-8-6-33(7-9-35)34-17-21-58(22-18-34)20-14-32-15-23-59(24-16-32)41-13-12-40(31(2)53-41)60-25-19-42(61)55-48(60)63/h6-13,26-27,29,32,34H,14-25,28H2,1-5H3,(H,50,62)(H,51,52,54)(H,55,61,63). The van der Waals surface area contributed by atoms with Crippen molar-refractivity contribution in [1.82, 2.24) is 45.6 Å². The van der Waals surface area contributed by atoms with Crippen LogP contribution in [-0.4, -0.2) is 92.1 Å². The number of anilines is 2. The van der Waals surface area contributed by atoms with Gasteiger partial charge in [-0.2, -0.15) is 4.98 Å². The number of hydrogen-bond acceptors (Lipinski definition) is 11. The van der Waals surface area contributed by atoms with Gasteiger partial charge in [-0.15, -0.1) is 0 Å². The van der Waals surface area contributed by atoms with Gasteiger partial charge in [0.1, 0.15) is 17.8 Å². The highest BCUT2D eigenvalue weighted by molar-refractivity contribution is 6.05. The van der Waals surface area contributed by atoms with Crippen LogP contribution < -0.4 is 20.4 Å². The molecule has 3 saturated heterocycles. The Morgan fingerprint density at radius 1 is 0.875 bits per heavy atom. The Labute approximate surface area is 373 Å². The third-order valence-corrected chi connectivity index (χ3v) is 13.2. The molecule has 0 bridgehead atoms. The number of likely N-dealkylation sites (tertiary alicyclic amines) is 1. The van der Waals surface area contributed by atoms with Crippen LogP contribution in [0.15, 0.2) is 71.5 Å². The van der Waals surface area contributed by atoms with Gasteiger partial charge in [-0.05, 0) is 124 Å². The summed E-state index contributed by atoms with van der Waals surface area (Å²) in [5.74, 6) is 2.05. The summed E-state index contributed by atoms with van der Waals surface area (Å²) < 4.78 is 5.21. The molecule has 3 fully saturated rings. The van der Waals surface area contributed by atoms with Gasteiger partial charge >= 0.3 is 17.8 Å². The van der Waals surface area contributed by atoms with E-state index in [0.717, 1.165) is 107 Å². The molecule has 332 valence electrons. The molecular weight excluding hydrogens is 807 g/mol. The second-order valence-corrected chi connectivity index (χ2v) is 18.7. The summed E-state index contributed by atoms with van der Waals surface area (Å²) in [6.07, 6.45) is 7.78. The van der Waals surface area contributed by atoms with Crippen molar-refractivity contribution in [2.75, 3.05) is 49.1 Å². The molecule has 2 aromatic carbocycles. The number of nitrogens with zero attached hydrogens (tertiary/aromatic N) is 8. The number of hydrogen-bond donors (Lipinski definition) is 3. The zero-order valence-electron chi connectivity index (χ0n) is 37.4. The van der Waals surface area contributed by atoms with Gasteiger partial charge < -0.3 is 24.6 Å². The van der Waals surface area contributed by atoms with Crippen molar-refractivity contribution >= 4 is 40.4 Å². The van der Waals surface area contributed by atoms with Crippen molar-refractivity contribution in [2.45, 2.75) is 91.0 Å². The molecule has 0 aliphatic carbocycles. The van der Waals surface area contributed by atoms with Crippen LogP contribution in [0.2, 0.25) is 0 Å². The molecule has 64 heavy (non-hydrogen) atoms. The molecule has 0 spiro atoms. The van der Waals surface area contributed by atoms with Crippen molar-refractivity contribution in [3.63, 3.8) is 0 Å². The van der Waals surface area contributed by atoms with Crippen LogP contribution in [0.3, 0.4) is 0 Å². The summed E-state index contributed by atoms with van der Waals surface area (Å²) in [7, 11) is 0. The van der Waals surface area contributed by atoms with Crippen LogP contribution in [0, 0.1) is 19.8 Å². The number of urea groups is 1. The number of carbonyl (C=O) groups is 3. The van der Waals surface area contributed by atoms with E-state index in [0.29, 0.717) is 37.2 Å². The molecule has 3 N–H and O–H groups in total. The molecule has 15 heteroatoms. The molecule has 9 rings (SSSR count). The van der Waals surface area contributed by atoms with Gasteiger partial charge in [-0.3, -0.25) is 19.8 Å². The first-order chi connectivity index (χ1) is 30.9. The summed E-state index contributed by atoms with van der Waals surface area (Å²) in [6, 6.07) is 20.9. The number of nitrogens with one attached hydrogen (secondary N) is 3. The maximum Gasteiger partial charge on any atom is 0.328 e. The number of fused-ring (bicyclic) bond motifs is 1. The van der Waals surface area contributed by atoms with Crippen molar-refractivity contribution < 1.29 is 18.9 Å². The number of benzene rings is 2. The highest BCUT2D eigenvalue weighted by atomic mass is 16.5. The van der Waals surface area contributed by atoms with Crippen molar-refractivity contribution in [2.24, 2.45) is 5.92 Å². The number of aromatic amines is 1. The number of rotatable bonds is 11. The predicted octanol–water partition coefficient (Wildman–Crippen LogP) is 7.85. The van der Waals surface area contributed by atoms with E-state index in [1.165, 1.54) is 24.8 Å². The van der Waals surface area contributed by atoms with E-state index < -0.39 is 5.91 Å². The molecule has 0 atom stereocenters. The number of piperidine rings is 2. The van der Waals surface area contributed by atoms with Gasteiger partial charge in [-0.25, -0.2) is 19.7 Å². The minimum atomic E-state index is -0.401. The van der Waals surface area contributed by atoms with E-state index in [4.69, 9.17) is 14.5 Å². The third kappa shape index (κ3) is 9.26. The Morgan fingerprint density at radius 3 is 2.34 bits per heavy atom. The number of pyridine rings is 1. The molecule has 0 saturated carbocycles. The predicted molar refractivity (Wildman–Crippen MR) is 246 cm³/mol. The van der Waals surface area contributed by atoms with E-state index in [2.05, 4.69) is 76.9 Å². The Balaban J connectivity index is 0.745. The number of H-pyrrole nitrogens is 1. The Hall–Kier alpha value is -6.48. The first-order valence-corrected chi connectivity index (χ1v) is 22.6. The number of carbonyl (C=O) groups excluding carboxylic acids is 3. The Kier molecular flexibility index (Phi) is 12.0. The van der Waals surface area contributed by atoms with Gasteiger partial charge in [0.15, 0.2) is 5.82 Å². The fourth-order valence-electron chi connectivity index (χ4n) is 9.27. The summed E-state index contributed by atoms with van der Waals surface area (Å²) in [5, 5.41) is 10.2. The lowest BCUT2D eigenvalue weighted by Crippen LogP contribution is -2.49. The van der Waals surface area contributed by atoms with Gasteiger partial charge in [0.05, 0.1) is 17.1 Å². The van der Waals surface area contributed by atoms with Crippen molar-refractivity contribution in [3.8, 4) is 22.5 Å². The third-order valence-electron chi connectivity index (χ3n) is 13.2. The lowest BCUT2D eigenvalue weighted by atomic mass is 9.88. The zero-order valence-corrected chi connectivity index (χ0v) is 37.4. The van der Waals surface area contributed by atoms with Gasteiger partial charge in [0.25, 0.3) is 0 Å². The SMILES string of the molecule is Cc1cc(-c2ncnc3[nH]c(-c4ccc(C5CCN(CCC6CCN(c7ccc(N8CCC(=O)NC8=O)c(C)n7)CC6)CC5)cc4)cc23)ccc1CNC(=O)c1nc(C(C)(C)C)no1. The summed E-state index contributed by atoms with van der Waals surface area (Å²) in [6.45, 7) is 16.0. The average Bonchev–Trinajstić information content (AvgIpc) is 3.98. The van der Waals surface area contributed by atoms with Crippen LogP contribution in [0.5, 0.6) is 0 Å². The number of aryl methyl sites for hydroxylation is 2. The molecule has 3 aliphatic heterocycles. The van der Waals surface area contributed by atoms with Gasteiger partial charge in [0.2, 0.25) is 5.91 Å². The highest BCUT2D eigenvalue weighted by Crippen LogP contribution is 2.34. The monoisotopic (exact) mass is 863 g/mol. The quantitative estimate of drug-likeness (QED) is 0.116. The van der Waals surface area contributed by atoms with Crippen LogP contribution in [0.25, 0.3) is 33.5 Å². The molecular formula is C49H57N11O4. The summed E-state index contributed by atoms with van der Waals surface area (Å²) >= 11 is 0. The van der Waals surface area contributed by atoms with E-state index in [1.807, 2.05) is 58.9 Å². The maximum absolute atomic E-state index is 12.7. The smallest absolute Gasteiger partial charge is 0.328 e. The number of imide groups is 1. The zero-order chi connectivity index (χ0) is 44.5. The molecule has 3 aliphatic rings. The minimum Gasteiger partial charge on any atom is -0.357 e. The van der Waals surface area contributed by atoms with Crippen molar-refractivity contribution in [3.05, 3.63) is 101 Å². The van der Waals surface area contributed by atoms with E-state index >= 15 is 0 Å². The Morgan fingerprint density at radius 2 is 1.64 bits per heavy atom. The highest BCUT2D eigenvalue weighted by Gasteiger charge is 2.28. The largest absolute Gasteiger partial charge is 0.357 e. The number of aromatic nitrogens is 6.